The maximum absolute atomic E-state index is 11.0. The monoisotopic (exact) mass is 287 g/mol. The average molecular weight is 287 g/mol. The zero-order valence-corrected chi connectivity index (χ0v) is 12.4. The van der Waals surface area contributed by atoms with Crippen LogP contribution in [-0.2, 0) is 4.79 Å². The third-order valence-corrected chi connectivity index (χ3v) is 3.78. The van der Waals surface area contributed by atoms with Crippen LogP contribution in [0.4, 0.5) is 0 Å². The molecule has 0 spiro atoms. The van der Waals surface area contributed by atoms with Gasteiger partial charge in [0.15, 0.2) is 0 Å². The van der Waals surface area contributed by atoms with Gasteiger partial charge in [0.2, 0.25) is 0 Å². The highest BCUT2D eigenvalue weighted by Crippen LogP contribution is 2.34. The molecule has 0 amide bonds. The lowest BCUT2D eigenvalue weighted by molar-refractivity contribution is -0.138. The Labute approximate surface area is 124 Å². The Balaban J connectivity index is 2.39. The molecule has 2 aromatic carbocycles. The van der Waals surface area contributed by atoms with E-state index in [1.807, 2.05) is 55.1 Å². The van der Waals surface area contributed by atoms with Crippen LogP contribution in [0.2, 0.25) is 0 Å². The summed E-state index contributed by atoms with van der Waals surface area (Å²) in [5.41, 5.74) is 0.767. The minimum atomic E-state index is -0.851. The fourth-order valence-electron chi connectivity index (χ4n) is 2.68. The number of hydrogen-bond donors (Lipinski definition) is 2. The van der Waals surface area contributed by atoms with Crippen LogP contribution < -0.4 is 0 Å². The SMILES string of the molecule is CCCN(CC(=O)O)C(C)c1ccc2ccccc2c1O. The number of carboxylic acids is 1. The minimum absolute atomic E-state index is 0.0265. The first-order valence-corrected chi connectivity index (χ1v) is 7.21. The third-order valence-electron chi connectivity index (χ3n) is 3.78. The number of fused-ring (bicyclic) bond motifs is 1. The zero-order valence-electron chi connectivity index (χ0n) is 12.4. The van der Waals surface area contributed by atoms with E-state index >= 15 is 0 Å². The predicted molar refractivity (Wildman–Crippen MR) is 83.5 cm³/mol. The molecule has 1 unspecified atom stereocenters. The number of aliphatic carboxylic acids is 1. The van der Waals surface area contributed by atoms with E-state index in [1.54, 1.807) is 0 Å². The molecule has 0 saturated heterocycles. The van der Waals surface area contributed by atoms with Crippen molar-refractivity contribution >= 4 is 16.7 Å². The highest BCUT2D eigenvalue weighted by molar-refractivity contribution is 5.89. The summed E-state index contributed by atoms with van der Waals surface area (Å²) in [6, 6.07) is 11.3. The maximum atomic E-state index is 11.0. The van der Waals surface area contributed by atoms with Crippen LogP contribution in [0.1, 0.15) is 31.9 Å². The lowest BCUT2D eigenvalue weighted by atomic mass is 10.00. The summed E-state index contributed by atoms with van der Waals surface area (Å²) < 4.78 is 0. The number of carbonyl (C=O) groups is 1. The van der Waals surface area contributed by atoms with Crippen LogP contribution in [0, 0.1) is 0 Å². The van der Waals surface area contributed by atoms with E-state index in [9.17, 15) is 9.90 Å². The van der Waals surface area contributed by atoms with E-state index in [0.717, 1.165) is 22.8 Å². The first-order chi connectivity index (χ1) is 10.0. The summed E-state index contributed by atoms with van der Waals surface area (Å²) >= 11 is 0. The first-order valence-electron chi connectivity index (χ1n) is 7.21. The van der Waals surface area contributed by atoms with Gasteiger partial charge in [-0.15, -0.1) is 0 Å². The lowest BCUT2D eigenvalue weighted by Crippen LogP contribution is -2.33. The molecule has 4 nitrogen and oxygen atoms in total. The first kappa shape index (κ1) is 15.3. The van der Waals surface area contributed by atoms with Crippen LogP contribution in [0.3, 0.4) is 0 Å². The summed E-state index contributed by atoms with van der Waals surface area (Å²) in [5, 5.41) is 21.3. The Bertz CT molecular complexity index is 639. The molecule has 0 saturated carbocycles. The molecule has 0 fully saturated rings. The molecular weight excluding hydrogens is 266 g/mol. The quantitative estimate of drug-likeness (QED) is 0.854. The third kappa shape index (κ3) is 3.34. The van der Waals surface area contributed by atoms with Gasteiger partial charge in [-0.25, -0.2) is 0 Å². The molecule has 4 heteroatoms. The summed E-state index contributed by atoms with van der Waals surface area (Å²) in [6.45, 7) is 4.60. The van der Waals surface area contributed by atoms with Crippen LogP contribution in [0.15, 0.2) is 36.4 Å². The van der Waals surface area contributed by atoms with Gasteiger partial charge in [-0.05, 0) is 25.3 Å². The second-order valence-corrected chi connectivity index (χ2v) is 5.26. The standard InChI is InChI=1S/C17H21NO3/c1-3-10-18(11-16(19)20)12(2)14-9-8-13-6-4-5-7-15(13)17(14)21/h4-9,12,21H,3,10-11H2,1-2H3,(H,19,20). The number of phenols is 1. The van der Waals surface area contributed by atoms with Crippen molar-refractivity contribution in [2.24, 2.45) is 0 Å². The summed E-state index contributed by atoms with van der Waals surface area (Å²) in [5.74, 6) is -0.609. The second-order valence-electron chi connectivity index (χ2n) is 5.26. The predicted octanol–water partition coefficient (Wildman–Crippen LogP) is 3.40. The molecule has 112 valence electrons. The molecule has 0 bridgehead atoms. The summed E-state index contributed by atoms with van der Waals surface area (Å²) in [4.78, 5) is 12.9. The van der Waals surface area contributed by atoms with E-state index in [1.165, 1.54) is 0 Å². The van der Waals surface area contributed by atoms with Crippen LogP contribution in [-0.4, -0.2) is 34.2 Å². The lowest BCUT2D eigenvalue weighted by Gasteiger charge is -2.28. The Morgan fingerprint density at radius 1 is 1.24 bits per heavy atom. The van der Waals surface area contributed by atoms with E-state index < -0.39 is 5.97 Å². The maximum Gasteiger partial charge on any atom is 0.317 e. The van der Waals surface area contributed by atoms with E-state index in [4.69, 9.17) is 5.11 Å². The number of benzene rings is 2. The van der Waals surface area contributed by atoms with Crippen molar-refractivity contribution in [1.82, 2.24) is 4.90 Å². The van der Waals surface area contributed by atoms with Crippen molar-refractivity contribution in [3.8, 4) is 5.75 Å². The molecule has 0 aliphatic rings. The zero-order chi connectivity index (χ0) is 15.4. The van der Waals surface area contributed by atoms with Gasteiger partial charge < -0.3 is 10.2 Å². The van der Waals surface area contributed by atoms with Gasteiger partial charge in [-0.2, -0.15) is 0 Å². The van der Waals surface area contributed by atoms with Crippen molar-refractivity contribution < 1.29 is 15.0 Å². The molecular formula is C17H21NO3. The fourth-order valence-corrected chi connectivity index (χ4v) is 2.68. The second kappa shape index (κ2) is 6.59. The van der Waals surface area contributed by atoms with Gasteiger partial charge >= 0.3 is 5.97 Å². The Morgan fingerprint density at radius 2 is 1.95 bits per heavy atom. The van der Waals surface area contributed by atoms with Crippen molar-refractivity contribution in [3.63, 3.8) is 0 Å². The Hall–Kier alpha value is -2.07. The highest BCUT2D eigenvalue weighted by atomic mass is 16.4. The van der Waals surface area contributed by atoms with Gasteiger partial charge in [0, 0.05) is 17.0 Å². The topological polar surface area (TPSA) is 60.8 Å². The van der Waals surface area contributed by atoms with E-state index in [-0.39, 0.29) is 18.3 Å². The Morgan fingerprint density at radius 3 is 2.62 bits per heavy atom. The molecule has 1 atom stereocenters. The number of aromatic hydroxyl groups is 1. The molecule has 2 N–H and O–H groups in total. The molecule has 21 heavy (non-hydrogen) atoms. The molecule has 0 aromatic heterocycles. The van der Waals surface area contributed by atoms with Crippen LogP contribution >= 0.6 is 0 Å². The molecule has 2 rings (SSSR count). The average Bonchev–Trinajstić information content (AvgIpc) is 2.46. The molecule has 0 aliphatic carbocycles. The van der Waals surface area contributed by atoms with Crippen molar-refractivity contribution in [3.05, 3.63) is 42.0 Å². The van der Waals surface area contributed by atoms with E-state index in [2.05, 4.69) is 0 Å². The van der Waals surface area contributed by atoms with Gasteiger partial charge in [-0.3, -0.25) is 9.69 Å². The number of rotatable bonds is 6. The minimum Gasteiger partial charge on any atom is -0.507 e. The smallest absolute Gasteiger partial charge is 0.317 e. The van der Waals surface area contributed by atoms with Crippen LogP contribution in [0.5, 0.6) is 5.75 Å². The number of phenolic OH excluding ortho intramolecular Hbond substituents is 1. The summed E-state index contributed by atoms with van der Waals surface area (Å²) in [6.07, 6.45) is 0.867. The highest BCUT2D eigenvalue weighted by Gasteiger charge is 2.21. The molecule has 0 heterocycles. The largest absolute Gasteiger partial charge is 0.507 e. The van der Waals surface area contributed by atoms with Crippen molar-refractivity contribution in [1.29, 1.82) is 0 Å². The molecule has 2 aromatic rings. The van der Waals surface area contributed by atoms with Crippen molar-refractivity contribution in [2.45, 2.75) is 26.3 Å². The number of carboxylic acid groups (broad SMARTS) is 1. The van der Waals surface area contributed by atoms with E-state index in [0.29, 0.717) is 6.54 Å². The van der Waals surface area contributed by atoms with Crippen LogP contribution in [0.25, 0.3) is 10.8 Å². The number of nitrogens with zero attached hydrogens (tertiary/aromatic N) is 1. The molecule has 0 radical (unpaired) electrons. The molecule has 0 aliphatic heterocycles. The van der Waals surface area contributed by atoms with Gasteiger partial charge in [0.25, 0.3) is 0 Å². The van der Waals surface area contributed by atoms with Gasteiger partial charge in [-0.1, -0.05) is 43.3 Å². The fraction of sp³-hybridized carbons (Fsp3) is 0.353. The van der Waals surface area contributed by atoms with Gasteiger partial charge in [0.05, 0.1) is 6.54 Å². The summed E-state index contributed by atoms with van der Waals surface area (Å²) in [7, 11) is 0. The normalized spacial score (nSPS) is 12.7. The van der Waals surface area contributed by atoms with Gasteiger partial charge in [0.1, 0.15) is 5.75 Å². The van der Waals surface area contributed by atoms with Crippen molar-refractivity contribution in [2.75, 3.05) is 13.1 Å². The number of hydrogen-bond acceptors (Lipinski definition) is 3. The Kier molecular flexibility index (Phi) is 4.81.